The molecule has 0 radical (unpaired) electrons. The monoisotopic (exact) mass is 439 g/mol. The number of hydrogen-bond acceptors (Lipinski definition) is 4. The van der Waals surface area contributed by atoms with Gasteiger partial charge >= 0.3 is 0 Å². The Bertz CT molecular complexity index is 1070. The van der Waals surface area contributed by atoms with Gasteiger partial charge in [-0.15, -0.1) is 0 Å². The van der Waals surface area contributed by atoms with E-state index >= 15 is 0 Å². The Hall–Kier alpha value is -2.90. The van der Waals surface area contributed by atoms with Gasteiger partial charge in [0.05, 0.1) is 11.1 Å². The molecule has 2 aromatic heterocycles. The number of rotatable bonds is 6. The zero-order valence-corrected chi connectivity index (χ0v) is 18.1. The first-order chi connectivity index (χ1) is 15.0. The van der Waals surface area contributed by atoms with Gasteiger partial charge in [0.15, 0.2) is 0 Å². The summed E-state index contributed by atoms with van der Waals surface area (Å²) in [5.74, 6) is -0.0560. The fourth-order valence-corrected chi connectivity index (χ4v) is 4.18. The molecule has 0 aliphatic carbocycles. The highest BCUT2D eigenvalue weighted by Crippen LogP contribution is 2.27. The van der Waals surface area contributed by atoms with Crippen molar-refractivity contribution in [3.05, 3.63) is 64.9 Å². The van der Waals surface area contributed by atoms with Gasteiger partial charge in [0.2, 0.25) is 11.8 Å². The molecule has 0 spiro atoms. The topological polar surface area (TPSA) is 98.9 Å². The minimum Gasteiger partial charge on any atom is -0.350 e. The first-order valence-corrected chi connectivity index (χ1v) is 10.9. The number of nitrogens with one attached hydrogen (secondary N) is 4. The molecule has 0 saturated carbocycles. The number of nitrogens with zero attached hydrogens (tertiary/aromatic N) is 1. The molecule has 1 fully saturated rings. The van der Waals surface area contributed by atoms with Crippen molar-refractivity contribution in [3.63, 3.8) is 0 Å². The molecule has 0 unspecified atom stereocenters. The summed E-state index contributed by atoms with van der Waals surface area (Å²) in [4.78, 5) is 32.5. The lowest BCUT2D eigenvalue weighted by atomic mass is 9.86. The molecule has 7 nitrogen and oxygen atoms in total. The highest BCUT2D eigenvalue weighted by Gasteiger charge is 2.29. The highest BCUT2D eigenvalue weighted by atomic mass is 35.5. The highest BCUT2D eigenvalue weighted by molar-refractivity contribution is 6.35. The smallest absolute Gasteiger partial charge is 0.242 e. The van der Waals surface area contributed by atoms with E-state index in [4.69, 9.17) is 11.6 Å². The Morgan fingerprint density at radius 2 is 2.10 bits per heavy atom. The van der Waals surface area contributed by atoms with Crippen molar-refractivity contribution in [1.82, 2.24) is 25.9 Å². The number of H-pyrrole nitrogens is 1. The number of aromatic nitrogens is 2. The zero-order valence-electron chi connectivity index (χ0n) is 17.3. The molecule has 1 aliphatic rings. The number of carbonyl (C=O) groups excluding carboxylic acids is 2. The second-order valence-corrected chi connectivity index (χ2v) is 8.37. The molecular weight excluding hydrogens is 414 g/mol. The lowest BCUT2D eigenvalue weighted by Gasteiger charge is -2.30. The van der Waals surface area contributed by atoms with Crippen LogP contribution in [0.15, 0.2) is 48.8 Å². The van der Waals surface area contributed by atoms with Crippen LogP contribution in [0.25, 0.3) is 11.0 Å². The van der Waals surface area contributed by atoms with E-state index in [0.717, 1.165) is 23.9 Å². The van der Waals surface area contributed by atoms with Crippen molar-refractivity contribution in [2.45, 2.75) is 44.3 Å². The van der Waals surface area contributed by atoms with Gasteiger partial charge in [-0.25, -0.2) is 4.98 Å². The van der Waals surface area contributed by atoms with E-state index in [1.54, 1.807) is 19.3 Å². The molecule has 8 heteroatoms. The van der Waals surface area contributed by atoms with Gasteiger partial charge in [-0.2, -0.15) is 0 Å². The van der Waals surface area contributed by atoms with E-state index in [1.165, 1.54) is 5.56 Å². The summed E-state index contributed by atoms with van der Waals surface area (Å²) in [5.41, 5.74) is 2.79. The molecule has 31 heavy (non-hydrogen) atoms. The summed E-state index contributed by atoms with van der Waals surface area (Å²) in [7, 11) is 0. The van der Waals surface area contributed by atoms with Gasteiger partial charge in [-0.3, -0.25) is 9.59 Å². The molecule has 3 heterocycles. The molecule has 2 amide bonds. The number of carbonyl (C=O) groups is 2. The van der Waals surface area contributed by atoms with Crippen LogP contribution < -0.4 is 16.0 Å². The Morgan fingerprint density at radius 1 is 1.29 bits per heavy atom. The van der Waals surface area contributed by atoms with Crippen LogP contribution in [0, 0.1) is 0 Å². The number of halogens is 1. The second kappa shape index (κ2) is 9.49. The predicted octanol–water partition coefficient (Wildman–Crippen LogP) is 2.87. The second-order valence-electron chi connectivity index (χ2n) is 7.96. The zero-order chi connectivity index (χ0) is 21.8. The van der Waals surface area contributed by atoms with Crippen molar-refractivity contribution < 1.29 is 9.59 Å². The Labute approximate surface area is 186 Å². The molecule has 1 aliphatic heterocycles. The van der Waals surface area contributed by atoms with Crippen LogP contribution in [0.1, 0.15) is 36.8 Å². The van der Waals surface area contributed by atoms with Gasteiger partial charge in [0.25, 0.3) is 0 Å². The molecule has 4 rings (SSSR count). The van der Waals surface area contributed by atoms with Gasteiger partial charge in [0, 0.05) is 24.3 Å². The molecule has 1 saturated heterocycles. The maximum Gasteiger partial charge on any atom is 0.242 e. The van der Waals surface area contributed by atoms with Crippen molar-refractivity contribution in [2.24, 2.45) is 0 Å². The minimum absolute atomic E-state index is 0.148. The Morgan fingerprint density at radius 3 is 2.90 bits per heavy atom. The molecular formula is C23H26ClN5O2. The lowest BCUT2D eigenvalue weighted by Crippen LogP contribution is -2.53. The van der Waals surface area contributed by atoms with E-state index in [2.05, 4.69) is 38.1 Å². The number of fused-ring (bicyclic) bond motifs is 1. The largest absolute Gasteiger partial charge is 0.350 e. The van der Waals surface area contributed by atoms with E-state index in [-0.39, 0.29) is 17.9 Å². The lowest BCUT2D eigenvalue weighted by molar-refractivity contribution is -0.130. The van der Waals surface area contributed by atoms with Crippen LogP contribution in [0.3, 0.4) is 0 Å². The van der Waals surface area contributed by atoms with Crippen LogP contribution in [-0.2, 0) is 16.1 Å². The van der Waals surface area contributed by atoms with Crippen LogP contribution in [0.4, 0.5) is 0 Å². The molecule has 162 valence electrons. The number of amides is 2. The molecule has 1 aromatic carbocycles. The van der Waals surface area contributed by atoms with E-state index in [9.17, 15) is 9.59 Å². The summed E-state index contributed by atoms with van der Waals surface area (Å²) in [6.07, 6.45) is 5.08. The quantitative estimate of drug-likeness (QED) is 0.474. The van der Waals surface area contributed by atoms with Crippen molar-refractivity contribution in [3.8, 4) is 0 Å². The normalized spacial score (nSPS) is 19.7. The average Bonchev–Trinajstić information content (AvgIpc) is 3.18. The average molecular weight is 440 g/mol. The van der Waals surface area contributed by atoms with Gasteiger partial charge in [-0.05, 0) is 49.4 Å². The van der Waals surface area contributed by atoms with Gasteiger partial charge in [0.1, 0.15) is 11.7 Å². The predicted molar refractivity (Wildman–Crippen MR) is 121 cm³/mol. The maximum atomic E-state index is 12.7. The number of piperidine rings is 1. The van der Waals surface area contributed by atoms with E-state index in [1.807, 2.05) is 24.3 Å². The number of benzene rings is 1. The fourth-order valence-electron chi connectivity index (χ4n) is 3.98. The number of hydrogen-bond donors (Lipinski definition) is 4. The first-order valence-electron chi connectivity index (χ1n) is 10.5. The summed E-state index contributed by atoms with van der Waals surface area (Å²) in [6, 6.07) is 11.2. The Kier molecular flexibility index (Phi) is 6.53. The van der Waals surface area contributed by atoms with E-state index in [0.29, 0.717) is 29.6 Å². The number of pyridine rings is 1. The molecule has 3 atom stereocenters. The summed E-state index contributed by atoms with van der Waals surface area (Å²) < 4.78 is 0. The van der Waals surface area contributed by atoms with Crippen molar-refractivity contribution in [2.75, 3.05) is 6.54 Å². The molecule has 0 bridgehead atoms. The SMILES string of the molecule is C[C@H](NC(=O)[C@H]1C[C@@H](c2ccccc2)CCN1)C(=O)NCc1cnc2[nH]cc(Cl)c2c1. The number of aromatic amines is 1. The standard InChI is InChI=1S/C23H26ClN5O2/c1-14(22(30)28-12-15-9-18-19(24)13-27-21(18)26-11-15)29-23(31)20-10-17(7-8-25-20)16-5-3-2-4-6-16/h2-6,9,11,13-14,17,20,25H,7-8,10,12H2,1H3,(H,26,27)(H,28,30)(H,29,31)/t14-,17-,20+/m0/s1. The van der Waals surface area contributed by atoms with Crippen LogP contribution >= 0.6 is 11.6 Å². The van der Waals surface area contributed by atoms with Gasteiger partial charge < -0.3 is 20.9 Å². The van der Waals surface area contributed by atoms with Crippen molar-refractivity contribution in [1.29, 1.82) is 0 Å². The van der Waals surface area contributed by atoms with Gasteiger partial charge in [-0.1, -0.05) is 41.9 Å². The molecule has 4 N–H and O–H groups in total. The summed E-state index contributed by atoms with van der Waals surface area (Å²) in [5, 5.41) is 10.4. The van der Waals surface area contributed by atoms with Crippen molar-refractivity contribution >= 4 is 34.4 Å². The summed E-state index contributed by atoms with van der Waals surface area (Å²) in [6.45, 7) is 2.77. The van der Waals surface area contributed by atoms with E-state index < -0.39 is 6.04 Å². The summed E-state index contributed by atoms with van der Waals surface area (Å²) >= 11 is 6.13. The molecule has 3 aromatic rings. The fraction of sp³-hybridized carbons (Fsp3) is 0.348. The van der Waals surface area contributed by atoms with Crippen LogP contribution in [-0.4, -0.2) is 40.4 Å². The minimum atomic E-state index is -0.640. The third kappa shape index (κ3) is 5.06. The van der Waals surface area contributed by atoms with Crippen LogP contribution in [0.5, 0.6) is 0 Å². The van der Waals surface area contributed by atoms with Crippen LogP contribution in [0.2, 0.25) is 5.02 Å². The third-order valence-electron chi connectivity index (χ3n) is 5.75. The third-order valence-corrected chi connectivity index (χ3v) is 6.06. The maximum absolute atomic E-state index is 12.7. The first kappa shape index (κ1) is 21.3. The Balaban J connectivity index is 1.29.